The minimum atomic E-state index is -1.24. The molecule has 8 atom stereocenters. The molecule has 0 heterocycles. The zero-order chi connectivity index (χ0) is 20.0. The van der Waals surface area contributed by atoms with Gasteiger partial charge in [0.2, 0.25) is 0 Å². The number of fused-ring (bicyclic) bond motifs is 2. The van der Waals surface area contributed by atoms with Crippen molar-refractivity contribution in [3.05, 3.63) is 35.9 Å². The molecule has 1 heteroatoms. The molecule has 4 aliphatic rings. The molecule has 4 saturated carbocycles. The molecule has 0 aromatic heterocycles. The average molecular weight is 409 g/mol. The molecular weight excluding hydrogens is 364 g/mol. The first-order valence-electron chi connectivity index (χ1n) is 13.1. The first-order valence-corrected chi connectivity index (χ1v) is 16.3. The topological polar surface area (TPSA) is 0 Å². The molecule has 0 N–H and O–H groups in total. The molecule has 0 nitrogen and oxygen atoms in total. The van der Waals surface area contributed by atoms with Crippen LogP contribution < -0.4 is 0 Å². The number of rotatable bonds is 4. The van der Waals surface area contributed by atoms with Gasteiger partial charge in [0, 0.05) is 0 Å². The molecule has 8 unspecified atom stereocenters. The van der Waals surface area contributed by atoms with Crippen molar-refractivity contribution in [2.45, 2.75) is 108 Å². The monoisotopic (exact) mass is 408 g/mol. The quantitative estimate of drug-likeness (QED) is 0.437. The molecule has 29 heavy (non-hydrogen) atoms. The highest BCUT2D eigenvalue weighted by atomic mass is 28.3. The molecule has 0 radical (unpaired) electrons. The van der Waals surface area contributed by atoms with Gasteiger partial charge in [-0.25, -0.2) is 0 Å². The van der Waals surface area contributed by atoms with Crippen molar-refractivity contribution in [1.82, 2.24) is 0 Å². The molecule has 4 aliphatic carbocycles. The molecule has 0 aliphatic heterocycles. The third kappa shape index (κ3) is 3.58. The molecule has 1 aromatic rings. The first kappa shape index (κ1) is 20.3. The Balaban J connectivity index is 1.40. The van der Waals surface area contributed by atoms with Crippen LogP contribution in [0.3, 0.4) is 0 Å². The van der Waals surface area contributed by atoms with Crippen molar-refractivity contribution < 1.29 is 0 Å². The lowest BCUT2D eigenvalue weighted by Crippen LogP contribution is -2.43. The van der Waals surface area contributed by atoms with E-state index in [0.717, 1.165) is 46.6 Å². The maximum absolute atomic E-state index is 2.86. The van der Waals surface area contributed by atoms with Gasteiger partial charge in [0.25, 0.3) is 0 Å². The maximum Gasteiger partial charge on any atom is 0.0541 e. The average Bonchev–Trinajstić information content (AvgIpc) is 3.37. The van der Waals surface area contributed by atoms with Crippen LogP contribution in [0.5, 0.6) is 0 Å². The van der Waals surface area contributed by atoms with Crippen LogP contribution in [0.25, 0.3) is 0 Å². The highest BCUT2D eigenvalue weighted by Crippen LogP contribution is 2.64. The summed E-state index contributed by atoms with van der Waals surface area (Å²) in [7, 11) is -1.24. The second kappa shape index (κ2) is 8.17. The second-order valence-electron chi connectivity index (χ2n) is 12.0. The molecule has 1 aromatic carbocycles. The van der Waals surface area contributed by atoms with Crippen molar-refractivity contribution >= 4 is 8.07 Å². The Morgan fingerprint density at radius 2 is 1.38 bits per heavy atom. The van der Waals surface area contributed by atoms with Crippen molar-refractivity contribution in [1.29, 1.82) is 0 Å². The summed E-state index contributed by atoms with van der Waals surface area (Å²) in [5.74, 6) is 6.04. The van der Waals surface area contributed by atoms with E-state index in [0.29, 0.717) is 0 Å². The van der Waals surface area contributed by atoms with E-state index in [1.165, 1.54) is 32.1 Å². The molecule has 0 bridgehead atoms. The zero-order valence-corrected chi connectivity index (χ0v) is 20.3. The van der Waals surface area contributed by atoms with E-state index in [2.05, 4.69) is 50.3 Å². The molecule has 5 rings (SSSR count). The third-order valence-electron chi connectivity index (χ3n) is 10.7. The number of benzene rings is 1. The predicted octanol–water partition coefficient (Wildman–Crippen LogP) is 8.67. The smallest absolute Gasteiger partial charge is 0.0541 e. The van der Waals surface area contributed by atoms with Crippen LogP contribution in [-0.4, -0.2) is 8.07 Å². The molecule has 160 valence electrons. The summed E-state index contributed by atoms with van der Waals surface area (Å²) in [6.07, 6.45) is 17.1. The Kier molecular flexibility index (Phi) is 5.73. The maximum atomic E-state index is 2.86. The number of hydrogen-bond acceptors (Lipinski definition) is 0. The number of hydrogen-bond donors (Lipinski definition) is 0. The van der Waals surface area contributed by atoms with Crippen molar-refractivity contribution in [3.63, 3.8) is 0 Å². The van der Waals surface area contributed by atoms with Crippen molar-refractivity contribution in [2.24, 2.45) is 29.6 Å². The molecule has 0 amide bonds. The van der Waals surface area contributed by atoms with Gasteiger partial charge in [0.1, 0.15) is 0 Å². The summed E-state index contributed by atoms with van der Waals surface area (Å²) in [4.78, 5) is 0. The van der Waals surface area contributed by atoms with Crippen LogP contribution in [0.4, 0.5) is 0 Å². The molecule has 0 saturated heterocycles. The van der Waals surface area contributed by atoms with Gasteiger partial charge in [-0.15, -0.1) is 0 Å². The lowest BCUT2D eigenvalue weighted by Gasteiger charge is -2.45. The van der Waals surface area contributed by atoms with Crippen LogP contribution in [0.1, 0.15) is 89.0 Å². The van der Waals surface area contributed by atoms with E-state index in [1.807, 2.05) is 0 Å². The first-order chi connectivity index (χ1) is 14.1. The van der Waals surface area contributed by atoms with Crippen LogP contribution in [0.15, 0.2) is 30.3 Å². The van der Waals surface area contributed by atoms with E-state index in [4.69, 9.17) is 0 Å². The molecular formula is C28H44Si. The lowest BCUT2D eigenvalue weighted by molar-refractivity contribution is 0.209. The van der Waals surface area contributed by atoms with E-state index >= 15 is 0 Å². The summed E-state index contributed by atoms with van der Waals surface area (Å²) in [5.41, 5.74) is 3.86. The van der Waals surface area contributed by atoms with Gasteiger partial charge < -0.3 is 0 Å². The van der Waals surface area contributed by atoms with E-state index in [1.54, 1.807) is 44.1 Å². The van der Waals surface area contributed by atoms with E-state index in [9.17, 15) is 0 Å². The summed E-state index contributed by atoms with van der Waals surface area (Å²) in [5, 5.41) is 0. The summed E-state index contributed by atoms with van der Waals surface area (Å²) < 4.78 is 0. The highest BCUT2D eigenvalue weighted by molar-refractivity contribution is 6.80. The Bertz CT molecular complexity index is 679. The zero-order valence-electron chi connectivity index (χ0n) is 19.3. The Morgan fingerprint density at radius 3 is 2.14 bits per heavy atom. The Morgan fingerprint density at radius 1 is 0.724 bits per heavy atom. The predicted molar refractivity (Wildman–Crippen MR) is 128 cm³/mol. The van der Waals surface area contributed by atoms with Gasteiger partial charge in [0.15, 0.2) is 0 Å². The fraction of sp³-hybridized carbons (Fsp3) is 0.786. The standard InChI is InChI=1S/C28H44Si/c1-20(21-11-5-4-6-12-21)26-19-28(25-16-10-9-15-24(25)26)29(2,3)27-18-17-22-13-7-8-14-23(22)27/h4-6,11-12,20,22-28H,7-10,13-19H2,1-3H3. The summed E-state index contributed by atoms with van der Waals surface area (Å²) in [6, 6.07) is 11.5. The van der Waals surface area contributed by atoms with Gasteiger partial charge in [-0.1, -0.05) is 108 Å². The van der Waals surface area contributed by atoms with Crippen LogP contribution in [0, 0.1) is 29.6 Å². The largest absolute Gasteiger partial charge is 0.0689 e. The van der Waals surface area contributed by atoms with Crippen molar-refractivity contribution in [3.8, 4) is 0 Å². The van der Waals surface area contributed by atoms with Gasteiger partial charge in [0.05, 0.1) is 8.07 Å². The minimum absolute atomic E-state index is 0.752. The van der Waals surface area contributed by atoms with Crippen LogP contribution in [0.2, 0.25) is 24.2 Å². The minimum Gasteiger partial charge on any atom is -0.0689 e. The molecule has 4 fully saturated rings. The Hall–Kier alpha value is -0.563. The normalized spacial score (nSPS) is 41.0. The van der Waals surface area contributed by atoms with E-state index < -0.39 is 8.07 Å². The summed E-state index contributed by atoms with van der Waals surface area (Å²) in [6.45, 7) is 8.29. The SMILES string of the molecule is CC(c1ccccc1)C1CC([Si](C)(C)C2CCC3CCCCC32)C2CCCCC12. The van der Waals surface area contributed by atoms with Gasteiger partial charge in [-0.3, -0.25) is 0 Å². The van der Waals surface area contributed by atoms with Crippen LogP contribution in [-0.2, 0) is 0 Å². The lowest BCUT2D eigenvalue weighted by atomic mass is 9.73. The van der Waals surface area contributed by atoms with Gasteiger partial charge in [-0.2, -0.15) is 0 Å². The summed E-state index contributed by atoms with van der Waals surface area (Å²) >= 11 is 0. The van der Waals surface area contributed by atoms with E-state index in [-0.39, 0.29) is 0 Å². The third-order valence-corrected chi connectivity index (χ3v) is 15.9. The van der Waals surface area contributed by atoms with Gasteiger partial charge in [-0.05, 0) is 65.0 Å². The fourth-order valence-electron chi connectivity index (χ4n) is 9.23. The Labute approximate surface area is 181 Å². The fourth-order valence-corrected chi connectivity index (χ4v) is 14.6. The van der Waals surface area contributed by atoms with Crippen LogP contribution >= 0.6 is 0 Å². The second-order valence-corrected chi connectivity index (χ2v) is 17.2. The van der Waals surface area contributed by atoms with Gasteiger partial charge >= 0.3 is 0 Å². The molecule has 0 spiro atoms. The highest BCUT2D eigenvalue weighted by Gasteiger charge is 2.56. The van der Waals surface area contributed by atoms with Crippen molar-refractivity contribution in [2.75, 3.05) is 0 Å².